The van der Waals surface area contributed by atoms with Gasteiger partial charge in [0.1, 0.15) is 11.8 Å². The lowest BCUT2D eigenvalue weighted by Crippen LogP contribution is -2.10. The molecule has 0 amide bonds. The quantitative estimate of drug-likeness (QED) is 0.918. The molecule has 2 rings (SSSR count). The largest absolute Gasteiger partial charge is 0.443 e. The van der Waals surface area contributed by atoms with Crippen LogP contribution in [-0.4, -0.2) is 14.8 Å². The average molecular weight is 262 g/mol. The van der Waals surface area contributed by atoms with E-state index in [0.717, 1.165) is 18.0 Å². The molecule has 0 aliphatic carbocycles. The number of aryl methyl sites for hydroxylation is 1. The van der Waals surface area contributed by atoms with Crippen LogP contribution in [0, 0.1) is 0 Å². The zero-order chi connectivity index (χ0) is 14.0. The van der Waals surface area contributed by atoms with Crippen molar-refractivity contribution in [1.82, 2.24) is 14.8 Å². The lowest BCUT2D eigenvalue weighted by Gasteiger charge is -2.14. The molecule has 0 saturated heterocycles. The van der Waals surface area contributed by atoms with Gasteiger partial charge in [0.15, 0.2) is 0 Å². The van der Waals surface area contributed by atoms with Crippen LogP contribution < -0.4 is 5.32 Å². The molecule has 0 aliphatic rings. The van der Waals surface area contributed by atoms with Crippen molar-refractivity contribution >= 4 is 5.69 Å². The van der Waals surface area contributed by atoms with E-state index in [1.807, 2.05) is 30.2 Å². The molecule has 19 heavy (non-hydrogen) atoms. The van der Waals surface area contributed by atoms with E-state index in [2.05, 4.69) is 43.1 Å². The minimum atomic E-state index is -0.0158. The summed E-state index contributed by atoms with van der Waals surface area (Å²) in [7, 11) is 0. The average Bonchev–Trinajstić information content (AvgIpc) is 2.96. The molecule has 104 valence electrons. The van der Waals surface area contributed by atoms with Gasteiger partial charge in [0.05, 0.1) is 18.1 Å². The van der Waals surface area contributed by atoms with Crippen molar-refractivity contribution in [2.75, 3.05) is 5.32 Å². The van der Waals surface area contributed by atoms with E-state index in [4.69, 9.17) is 4.42 Å². The van der Waals surface area contributed by atoms with Crippen LogP contribution in [0.3, 0.4) is 0 Å². The second kappa shape index (κ2) is 5.07. The summed E-state index contributed by atoms with van der Waals surface area (Å²) in [5.74, 6) is 1.61. The molecule has 2 heterocycles. The maximum absolute atomic E-state index is 5.81. The van der Waals surface area contributed by atoms with Crippen LogP contribution >= 0.6 is 0 Å². The SMILES string of the molecule is CCn1cc(N[C@@H](C)c2ncc(C(C)(C)C)o2)cn1. The summed E-state index contributed by atoms with van der Waals surface area (Å²) < 4.78 is 7.69. The van der Waals surface area contributed by atoms with E-state index in [9.17, 15) is 0 Å². The molecule has 2 aromatic heterocycles. The maximum atomic E-state index is 5.81. The summed E-state index contributed by atoms with van der Waals surface area (Å²) in [6.07, 6.45) is 5.60. The maximum Gasteiger partial charge on any atom is 0.216 e. The minimum Gasteiger partial charge on any atom is -0.443 e. The summed E-state index contributed by atoms with van der Waals surface area (Å²) in [4.78, 5) is 4.35. The van der Waals surface area contributed by atoms with Gasteiger partial charge in [-0.15, -0.1) is 0 Å². The first-order valence-electron chi connectivity index (χ1n) is 6.65. The molecule has 5 nitrogen and oxygen atoms in total. The Bertz CT molecular complexity index is 536. The molecule has 0 fully saturated rings. The van der Waals surface area contributed by atoms with E-state index in [-0.39, 0.29) is 11.5 Å². The van der Waals surface area contributed by atoms with Crippen molar-refractivity contribution in [3.63, 3.8) is 0 Å². The number of nitrogens with one attached hydrogen (secondary N) is 1. The smallest absolute Gasteiger partial charge is 0.216 e. The van der Waals surface area contributed by atoms with E-state index in [1.54, 1.807) is 0 Å². The number of anilines is 1. The molecule has 0 aliphatic heterocycles. The highest BCUT2D eigenvalue weighted by Gasteiger charge is 2.21. The number of rotatable bonds is 4. The van der Waals surface area contributed by atoms with Crippen LogP contribution in [0.1, 0.15) is 52.3 Å². The number of nitrogens with zero attached hydrogens (tertiary/aromatic N) is 3. The first-order valence-corrected chi connectivity index (χ1v) is 6.65. The molecule has 0 aromatic carbocycles. The van der Waals surface area contributed by atoms with Crippen LogP contribution in [0.25, 0.3) is 0 Å². The Balaban J connectivity index is 2.07. The lowest BCUT2D eigenvalue weighted by atomic mass is 9.94. The van der Waals surface area contributed by atoms with Gasteiger partial charge >= 0.3 is 0 Å². The van der Waals surface area contributed by atoms with E-state index in [0.29, 0.717) is 5.89 Å². The molecular formula is C14H22N4O. The molecule has 5 heteroatoms. The van der Waals surface area contributed by atoms with Crippen molar-refractivity contribution in [3.8, 4) is 0 Å². The van der Waals surface area contributed by atoms with Gasteiger partial charge in [0, 0.05) is 18.2 Å². The number of aromatic nitrogens is 3. The molecular weight excluding hydrogens is 240 g/mol. The Morgan fingerprint density at radius 1 is 1.37 bits per heavy atom. The zero-order valence-electron chi connectivity index (χ0n) is 12.3. The first kappa shape index (κ1) is 13.6. The van der Waals surface area contributed by atoms with Gasteiger partial charge < -0.3 is 9.73 Å². The van der Waals surface area contributed by atoms with E-state index in [1.165, 1.54) is 0 Å². The Morgan fingerprint density at radius 3 is 2.63 bits per heavy atom. The highest BCUT2D eigenvalue weighted by Crippen LogP contribution is 2.26. The van der Waals surface area contributed by atoms with Crippen LogP contribution in [0.4, 0.5) is 5.69 Å². The van der Waals surface area contributed by atoms with E-state index >= 15 is 0 Å². The Morgan fingerprint density at radius 2 is 2.11 bits per heavy atom. The monoisotopic (exact) mass is 262 g/mol. The van der Waals surface area contributed by atoms with Gasteiger partial charge in [-0.25, -0.2) is 4.98 Å². The Labute approximate surface area is 114 Å². The third kappa shape index (κ3) is 3.16. The summed E-state index contributed by atoms with van der Waals surface area (Å²) in [5, 5.41) is 7.57. The standard InChI is InChI=1S/C14H22N4O/c1-6-18-9-11(7-16-18)17-10(2)13-15-8-12(19-13)14(3,4)5/h7-10,17H,6H2,1-5H3/t10-/m0/s1. The molecule has 0 bridgehead atoms. The highest BCUT2D eigenvalue weighted by molar-refractivity contribution is 5.39. The van der Waals surface area contributed by atoms with Crippen molar-refractivity contribution in [3.05, 3.63) is 30.2 Å². The Kier molecular flexibility index (Phi) is 3.64. The van der Waals surface area contributed by atoms with Crippen molar-refractivity contribution < 1.29 is 4.42 Å². The molecule has 1 atom stereocenters. The normalized spacial score (nSPS) is 13.5. The van der Waals surface area contributed by atoms with Crippen molar-refractivity contribution in [1.29, 1.82) is 0 Å². The molecule has 1 N–H and O–H groups in total. The molecule has 0 spiro atoms. The number of oxazole rings is 1. The fraction of sp³-hybridized carbons (Fsp3) is 0.571. The molecule has 2 aromatic rings. The highest BCUT2D eigenvalue weighted by atomic mass is 16.4. The minimum absolute atomic E-state index is 0.0158. The first-order chi connectivity index (χ1) is 8.90. The third-order valence-corrected chi connectivity index (χ3v) is 2.97. The van der Waals surface area contributed by atoms with E-state index < -0.39 is 0 Å². The zero-order valence-corrected chi connectivity index (χ0v) is 12.3. The van der Waals surface area contributed by atoms with Crippen LogP contribution in [0.5, 0.6) is 0 Å². The molecule has 0 saturated carbocycles. The third-order valence-electron chi connectivity index (χ3n) is 2.97. The molecule has 0 radical (unpaired) electrons. The van der Waals surface area contributed by atoms with Crippen molar-refractivity contribution in [2.24, 2.45) is 0 Å². The van der Waals surface area contributed by atoms with Crippen LogP contribution in [-0.2, 0) is 12.0 Å². The second-order valence-corrected chi connectivity index (χ2v) is 5.76. The van der Waals surface area contributed by atoms with Crippen LogP contribution in [0.2, 0.25) is 0 Å². The predicted octanol–water partition coefficient (Wildman–Crippen LogP) is 3.36. The van der Waals surface area contributed by atoms with Gasteiger partial charge in [-0.3, -0.25) is 4.68 Å². The van der Waals surface area contributed by atoms with Gasteiger partial charge in [-0.1, -0.05) is 20.8 Å². The fourth-order valence-electron chi connectivity index (χ4n) is 1.76. The summed E-state index contributed by atoms with van der Waals surface area (Å²) in [6.45, 7) is 11.3. The summed E-state index contributed by atoms with van der Waals surface area (Å²) >= 11 is 0. The predicted molar refractivity (Wildman–Crippen MR) is 75.1 cm³/mol. The molecule has 0 unspecified atom stereocenters. The fourth-order valence-corrected chi connectivity index (χ4v) is 1.76. The van der Waals surface area contributed by atoms with Gasteiger partial charge in [0.2, 0.25) is 5.89 Å². The van der Waals surface area contributed by atoms with Crippen LogP contribution in [0.15, 0.2) is 23.0 Å². The summed E-state index contributed by atoms with van der Waals surface area (Å²) in [5.41, 5.74) is 0.961. The Hall–Kier alpha value is -1.78. The second-order valence-electron chi connectivity index (χ2n) is 5.76. The number of hydrogen-bond donors (Lipinski definition) is 1. The summed E-state index contributed by atoms with van der Waals surface area (Å²) in [6, 6.07) is 0.0191. The van der Waals surface area contributed by atoms with Gasteiger partial charge in [-0.2, -0.15) is 5.10 Å². The number of hydrogen-bond acceptors (Lipinski definition) is 4. The lowest BCUT2D eigenvalue weighted by molar-refractivity contribution is 0.374. The van der Waals surface area contributed by atoms with Gasteiger partial charge in [0.25, 0.3) is 0 Å². The van der Waals surface area contributed by atoms with Gasteiger partial charge in [-0.05, 0) is 13.8 Å². The topological polar surface area (TPSA) is 55.9 Å². The van der Waals surface area contributed by atoms with Crippen molar-refractivity contribution in [2.45, 2.75) is 52.6 Å².